The van der Waals surface area contributed by atoms with Gasteiger partial charge in [-0.05, 0) is 17.5 Å². The first-order valence-electron chi connectivity index (χ1n) is 4.56. The van der Waals surface area contributed by atoms with Crippen LogP contribution in [0.1, 0.15) is 10.4 Å². The lowest BCUT2D eigenvalue weighted by atomic mass is 10.1. The minimum atomic E-state index is -4.82. The topological polar surface area (TPSA) is 22.0 Å². The number of alkyl halides is 3. The van der Waals surface area contributed by atoms with Gasteiger partial charge < -0.3 is 4.57 Å². The molecular weight excluding hydrogens is 219 g/mol. The van der Waals surface area contributed by atoms with Crippen LogP contribution in [-0.2, 0) is 7.05 Å². The van der Waals surface area contributed by atoms with Crippen LogP contribution >= 0.6 is 0 Å². The van der Waals surface area contributed by atoms with Crippen molar-refractivity contribution < 1.29 is 18.0 Å². The molecular formula is C11H8F3NO. The summed E-state index contributed by atoms with van der Waals surface area (Å²) in [7, 11) is 1.71. The zero-order chi connectivity index (χ0) is 11.9. The number of nitrogens with zero attached hydrogens (tertiary/aromatic N) is 1. The Labute approximate surface area is 89.3 Å². The molecule has 0 atom stereocenters. The van der Waals surface area contributed by atoms with Crippen molar-refractivity contribution in [3.63, 3.8) is 0 Å². The number of carbonyl (C=O) groups excluding carboxylic acids is 1. The van der Waals surface area contributed by atoms with E-state index in [4.69, 9.17) is 0 Å². The Morgan fingerprint density at radius 2 is 1.94 bits per heavy atom. The third kappa shape index (κ3) is 1.68. The van der Waals surface area contributed by atoms with E-state index in [-0.39, 0.29) is 5.56 Å². The summed E-state index contributed by atoms with van der Waals surface area (Å²) in [5, 5.41) is 0.807. The summed E-state index contributed by atoms with van der Waals surface area (Å²) in [6.07, 6.45) is -3.09. The minimum absolute atomic E-state index is 0.332. The Morgan fingerprint density at radius 3 is 2.56 bits per heavy atom. The fourth-order valence-corrected chi connectivity index (χ4v) is 1.57. The zero-order valence-corrected chi connectivity index (χ0v) is 8.38. The summed E-state index contributed by atoms with van der Waals surface area (Å²) in [4.78, 5) is 11.0. The fourth-order valence-electron chi connectivity index (χ4n) is 1.57. The number of ketones is 1. The maximum Gasteiger partial charge on any atom is 0.454 e. The third-order valence-electron chi connectivity index (χ3n) is 2.41. The second-order valence-electron chi connectivity index (χ2n) is 3.53. The number of carbonyl (C=O) groups is 1. The summed E-state index contributed by atoms with van der Waals surface area (Å²) >= 11 is 0. The van der Waals surface area contributed by atoms with E-state index in [0.29, 0.717) is 5.52 Å². The first-order chi connectivity index (χ1) is 7.39. The highest BCUT2D eigenvalue weighted by molar-refractivity contribution is 6.02. The summed E-state index contributed by atoms with van der Waals surface area (Å²) in [5.74, 6) is -1.81. The summed E-state index contributed by atoms with van der Waals surface area (Å²) in [6.45, 7) is 0. The van der Waals surface area contributed by atoms with Crippen molar-refractivity contribution >= 4 is 16.7 Å². The Bertz CT molecular complexity index is 554. The molecule has 2 aromatic rings. The SMILES string of the molecule is Cn1ccc2ccc(C(=O)C(F)(F)F)cc21. The number of rotatable bonds is 1. The van der Waals surface area contributed by atoms with Gasteiger partial charge in [0, 0.05) is 24.3 Å². The molecule has 1 aromatic carbocycles. The van der Waals surface area contributed by atoms with Crippen LogP contribution in [0.15, 0.2) is 30.5 Å². The molecule has 0 amide bonds. The van der Waals surface area contributed by atoms with Crippen LogP contribution in [0.4, 0.5) is 13.2 Å². The maximum atomic E-state index is 12.2. The van der Waals surface area contributed by atoms with E-state index in [1.165, 1.54) is 18.2 Å². The summed E-state index contributed by atoms with van der Waals surface area (Å²) < 4.78 is 38.3. The second-order valence-corrected chi connectivity index (χ2v) is 3.53. The number of fused-ring (bicyclic) bond motifs is 1. The molecule has 0 radical (unpaired) electrons. The molecule has 2 rings (SSSR count). The molecule has 0 saturated heterocycles. The Balaban J connectivity index is 2.55. The zero-order valence-electron chi connectivity index (χ0n) is 8.38. The molecule has 16 heavy (non-hydrogen) atoms. The molecule has 0 unspecified atom stereocenters. The number of aryl methyl sites for hydroxylation is 1. The van der Waals surface area contributed by atoms with Gasteiger partial charge in [0.05, 0.1) is 0 Å². The molecule has 0 spiro atoms. The normalized spacial score (nSPS) is 12.0. The van der Waals surface area contributed by atoms with E-state index in [1.807, 2.05) is 0 Å². The number of benzene rings is 1. The average Bonchev–Trinajstić information content (AvgIpc) is 2.58. The lowest BCUT2D eigenvalue weighted by molar-refractivity contribution is -0.0885. The highest BCUT2D eigenvalue weighted by atomic mass is 19.4. The molecule has 0 saturated carbocycles. The van der Waals surface area contributed by atoms with E-state index in [1.54, 1.807) is 23.9 Å². The minimum Gasteiger partial charge on any atom is -0.351 e. The number of hydrogen-bond donors (Lipinski definition) is 0. The first kappa shape index (κ1) is 10.7. The number of Topliss-reactive ketones (excluding diaryl/α,β-unsaturated/α-hetero) is 1. The van der Waals surface area contributed by atoms with Crippen molar-refractivity contribution in [3.8, 4) is 0 Å². The van der Waals surface area contributed by atoms with E-state index in [0.717, 1.165) is 5.39 Å². The molecule has 0 aliphatic rings. The summed E-state index contributed by atoms with van der Waals surface area (Å²) in [5.41, 5.74) is 0.275. The average molecular weight is 227 g/mol. The van der Waals surface area contributed by atoms with Gasteiger partial charge in [0.2, 0.25) is 0 Å². The first-order valence-corrected chi connectivity index (χ1v) is 4.56. The lowest BCUT2D eigenvalue weighted by Gasteiger charge is -2.05. The third-order valence-corrected chi connectivity index (χ3v) is 2.41. The predicted octanol–water partition coefficient (Wildman–Crippen LogP) is 2.92. The largest absolute Gasteiger partial charge is 0.454 e. The van der Waals surface area contributed by atoms with Crippen LogP contribution in [0.5, 0.6) is 0 Å². The van der Waals surface area contributed by atoms with Gasteiger partial charge in [-0.25, -0.2) is 0 Å². The molecule has 5 heteroatoms. The smallest absolute Gasteiger partial charge is 0.351 e. The van der Waals surface area contributed by atoms with Crippen molar-refractivity contribution in [1.29, 1.82) is 0 Å². The van der Waals surface area contributed by atoms with Crippen molar-refractivity contribution in [2.75, 3.05) is 0 Å². The Hall–Kier alpha value is -1.78. The van der Waals surface area contributed by atoms with Crippen molar-refractivity contribution in [2.45, 2.75) is 6.18 Å². The van der Waals surface area contributed by atoms with Crippen LogP contribution in [-0.4, -0.2) is 16.5 Å². The van der Waals surface area contributed by atoms with Crippen LogP contribution in [0.2, 0.25) is 0 Å². The Morgan fingerprint density at radius 1 is 1.25 bits per heavy atom. The maximum absolute atomic E-state index is 12.2. The molecule has 0 N–H and O–H groups in total. The quantitative estimate of drug-likeness (QED) is 0.686. The van der Waals surface area contributed by atoms with Gasteiger partial charge >= 0.3 is 6.18 Å². The number of aromatic nitrogens is 1. The molecule has 0 aliphatic heterocycles. The van der Waals surface area contributed by atoms with Gasteiger partial charge in [0.15, 0.2) is 0 Å². The Kier molecular flexibility index (Phi) is 2.26. The molecule has 1 heterocycles. The van der Waals surface area contributed by atoms with Gasteiger partial charge in [0.1, 0.15) is 0 Å². The lowest BCUT2D eigenvalue weighted by Crippen LogP contribution is -2.22. The molecule has 0 fully saturated rings. The van der Waals surface area contributed by atoms with E-state index in [2.05, 4.69) is 0 Å². The molecule has 0 aliphatic carbocycles. The van der Waals surface area contributed by atoms with Crippen LogP contribution in [0, 0.1) is 0 Å². The number of halogens is 3. The molecule has 2 nitrogen and oxygen atoms in total. The van der Waals surface area contributed by atoms with Crippen LogP contribution in [0.3, 0.4) is 0 Å². The highest BCUT2D eigenvalue weighted by Crippen LogP contribution is 2.24. The highest BCUT2D eigenvalue weighted by Gasteiger charge is 2.39. The van der Waals surface area contributed by atoms with E-state index in [9.17, 15) is 18.0 Å². The summed E-state index contributed by atoms with van der Waals surface area (Å²) in [6, 6.07) is 5.73. The van der Waals surface area contributed by atoms with Gasteiger partial charge in [-0.15, -0.1) is 0 Å². The van der Waals surface area contributed by atoms with Gasteiger partial charge in [-0.3, -0.25) is 4.79 Å². The van der Waals surface area contributed by atoms with Crippen molar-refractivity contribution in [1.82, 2.24) is 4.57 Å². The van der Waals surface area contributed by atoms with Gasteiger partial charge in [-0.1, -0.05) is 12.1 Å². The predicted molar refractivity (Wildman–Crippen MR) is 53.3 cm³/mol. The van der Waals surface area contributed by atoms with Crippen LogP contribution < -0.4 is 0 Å². The van der Waals surface area contributed by atoms with Gasteiger partial charge in [0.25, 0.3) is 5.78 Å². The standard InChI is InChI=1S/C11H8F3NO/c1-15-5-4-7-2-3-8(6-9(7)15)10(16)11(12,13)14/h2-6H,1H3. The van der Waals surface area contributed by atoms with Crippen molar-refractivity contribution in [2.24, 2.45) is 7.05 Å². The second kappa shape index (κ2) is 3.37. The monoisotopic (exact) mass is 227 g/mol. The molecule has 0 bridgehead atoms. The molecule has 1 aromatic heterocycles. The van der Waals surface area contributed by atoms with E-state index >= 15 is 0 Å². The fraction of sp³-hybridized carbons (Fsp3) is 0.182. The van der Waals surface area contributed by atoms with Gasteiger partial charge in [-0.2, -0.15) is 13.2 Å². The van der Waals surface area contributed by atoms with E-state index < -0.39 is 12.0 Å². The number of hydrogen-bond acceptors (Lipinski definition) is 1. The van der Waals surface area contributed by atoms with Crippen molar-refractivity contribution in [3.05, 3.63) is 36.0 Å². The van der Waals surface area contributed by atoms with Crippen LogP contribution in [0.25, 0.3) is 10.9 Å². The molecule has 84 valence electrons.